The predicted octanol–water partition coefficient (Wildman–Crippen LogP) is 4.23. The molecule has 0 radical (unpaired) electrons. The molecule has 2 aromatic heterocycles. The third-order valence-corrected chi connectivity index (χ3v) is 5.00. The van der Waals surface area contributed by atoms with Crippen molar-refractivity contribution in [2.24, 2.45) is 0 Å². The number of hydrogen-bond acceptors (Lipinski definition) is 4. The Hall–Kier alpha value is -3.12. The van der Waals surface area contributed by atoms with Gasteiger partial charge in [0.1, 0.15) is 16.5 Å². The minimum absolute atomic E-state index is 0.200. The first-order valence-electron chi connectivity index (χ1n) is 8.18. The fourth-order valence-electron chi connectivity index (χ4n) is 2.81. The molecule has 6 heteroatoms. The molecule has 0 fully saturated rings. The lowest BCUT2D eigenvalue weighted by Crippen LogP contribution is -2.23. The number of nitrogens with zero attached hydrogens (tertiary/aromatic N) is 1. The van der Waals surface area contributed by atoms with Crippen LogP contribution >= 0.6 is 11.3 Å². The van der Waals surface area contributed by atoms with Crippen LogP contribution in [0.4, 0.5) is 0 Å². The lowest BCUT2D eigenvalue weighted by molar-refractivity contribution is 0.0946. The highest BCUT2D eigenvalue weighted by Crippen LogP contribution is 2.27. The number of nitrogens with one attached hydrogen (secondary N) is 2. The number of carbonyl (C=O) groups is 1. The summed E-state index contributed by atoms with van der Waals surface area (Å²) in [6.45, 7) is 0.391. The first-order chi connectivity index (χ1) is 12.7. The van der Waals surface area contributed by atoms with E-state index in [2.05, 4.69) is 15.3 Å². The van der Waals surface area contributed by atoms with Crippen LogP contribution in [0.1, 0.15) is 16.1 Å². The third-order valence-electron chi connectivity index (χ3n) is 4.13. The summed E-state index contributed by atoms with van der Waals surface area (Å²) < 4.78 is 5.31. The van der Waals surface area contributed by atoms with Crippen molar-refractivity contribution < 1.29 is 9.53 Å². The maximum absolute atomic E-state index is 12.4. The quantitative estimate of drug-likeness (QED) is 0.558. The van der Waals surface area contributed by atoms with Gasteiger partial charge in [-0.3, -0.25) is 4.79 Å². The van der Waals surface area contributed by atoms with Gasteiger partial charge in [-0.15, -0.1) is 11.3 Å². The lowest BCUT2D eigenvalue weighted by atomic mass is 10.2. The zero-order valence-corrected chi connectivity index (χ0v) is 15.0. The zero-order chi connectivity index (χ0) is 17.9. The monoisotopic (exact) mass is 363 g/mol. The highest BCUT2D eigenvalue weighted by atomic mass is 32.1. The Bertz CT molecular complexity index is 1030. The number of rotatable bonds is 5. The van der Waals surface area contributed by atoms with Gasteiger partial charge in [0.2, 0.25) is 0 Å². The zero-order valence-electron chi connectivity index (χ0n) is 14.2. The molecule has 1 amide bonds. The van der Waals surface area contributed by atoms with Gasteiger partial charge in [0.15, 0.2) is 0 Å². The minimum Gasteiger partial charge on any atom is -0.496 e. The normalized spacial score (nSPS) is 10.8. The fraction of sp³-hybridized carbons (Fsp3) is 0.100. The molecule has 0 aliphatic rings. The van der Waals surface area contributed by atoms with E-state index in [1.54, 1.807) is 12.5 Å². The largest absolute Gasteiger partial charge is 0.496 e. The van der Waals surface area contributed by atoms with Gasteiger partial charge in [-0.1, -0.05) is 36.4 Å². The Balaban J connectivity index is 1.49. The van der Waals surface area contributed by atoms with Crippen molar-refractivity contribution in [3.8, 4) is 16.5 Å². The molecule has 130 valence electrons. The number of aromatic nitrogens is 2. The molecule has 0 aliphatic heterocycles. The van der Waals surface area contributed by atoms with Gasteiger partial charge in [-0.25, -0.2) is 4.98 Å². The molecule has 0 bridgehead atoms. The number of aromatic amines is 1. The Kier molecular flexibility index (Phi) is 4.41. The van der Waals surface area contributed by atoms with Crippen molar-refractivity contribution in [2.75, 3.05) is 7.11 Å². The van der Waals surface area contributed by atoms with Crippen LogP contribution in [0.25, 0.3) is 21.6 Å². The van der Waals surface area contributed by atoms with Gasteiger partial charge < -0.3 is 15.0 Å². The van der Waals surface area contributed by atoms with E-state index in [1.807, 2.05) is 54.6 Å². The second-order valence-corrected chi connectivity index (χ2v) is 6.66. The van der Waals surface area contributed by atoms with Gasteiger partial charge in [0.25, 0.3) is 5.91 Å². The molecule has 0 aliphatic carbocycles. The molecular weight excluding hydrogens is 346 g/mol. The van der Waals surface area contributed by atoms with Crippen LogP contribution in [0.5, 0.6) is 5.75 Å². The van der Waals surface area contributed by atoms with Crippen molar-refractivity contribution in [3.05, 3.63) is 71.2 Å². The molecule has 2 aromatic carbocycles. The van der Waals surface area contributed by atoms with Crippen molar-refractivity contribution in [3.63, 3.8) is 0 Å². The standard InChI is InChI=1S/C20H17N3O2S/c1-25-18-9-5-3-7-14(18)11-21-19(24)17-12-26-20(23-17)16-10-13-6-2-4-8-15(13)22-16/h2-10,12,22H,11H2,1H3,(H,21,24). The molecule has 5 nitrogen and oxygen atoms in total. The van der Waals surface area contributed by atoms with Gasteiger partial charge in [0, 0.05) is 28.4 Å². The van der Waals surface area contributed by atoms with E-state index in [-0.39, 0.29) is 5.91 Å². The third kappa shape index (κ3) is 3.19. The van der Waals surface area contributed by atoms with Crippen molar-refractivity contribution in [1.82, 2.24) is 15.3 Å². The van der Waals surface area contributed by atoms with Gasteiger partial charge >= 0.3 is 0 Å². The summed E-state index contributed by atoms with van der Waals surface area (Å²) in [5.41, 5.74) is 3.31. The number of thiazole rings is 1. The maximum atomic E-state index is 12.4. The molecule has 4 aromatic rings. The number of fused-ring (bicyclic) bond motifs is 1. The summed E-state index contributed by atoms with van der Waals surface area (Å²) >= 11 is 1.45. The van der Waals surface area contributed by atoms with E-state index in [4.69, 9.17) is 4.74 Å². The Morgan fingerprint density at radius 3 is 2.85 bits per heavy atom. The molecule has 2 heterocycles. The molecule has 4 rings (SSSR count). The van der Waals surface area contributed by atoms with Crippen LogP contribution in [0.2, 0.25) is 0 Å². The number of para-hydroxylation sites is 2. The van der Waals surface area contributed by atoms with E-state index in [0.717, 1.165) is 32.9 Å². The number of ether oxygens (including phenoxy) is 1. The van der Waals surface area contributed by atoms with E-state index in [9.17, 15) is 4.79 Å². The molecular formula is C20H17N3O2S. The number of H-pyrrole nitrogens is 1. The highest BCUT2D eigenvalue weighted by molar-refractivity contribution is 7.13. The molecule has 0 atom stereocenters. The SMILES string of the molecule is COc1ccccc1CNC(=O)c1csc(-c2cc3ccccc3[nH]2)n1. The van der Waals surface area contributed by atoms with Crippen molar-refractivity contribution >= 4 is 28.1 Å². The molecule has 0 spiro atoms. The molecule has 0 saturated carbocycles. The number of hydrogen-bond donors (Lipinski definition) is 2. The lowest BCUT2D eigenvalue weighted by Gasteiger charge is -2.08. The first-order valence-corrected chi connectivity index (χ1v) is 9.06. The second kappa shape index (κ2) is 7.01. The Morgan fingerprint density at radius 2 is 2.00 bits per heavy atom. The van der Waals surface area contributed by atoms with Gasteiger partial charge in [-0.2, -0.15) is 0 Å². The smallest absolute Gasteiger partial charge is 0.271 e. The average Bonchev–Trinajstić information content (AvgIpc) is 3.33. The van der Waals surface area contributed by atoms with Crippen LogP contribution in [-0.2, 0) is 6.54 Å². The van der Waals surface area contributed by atoms with Gasteiger partial charge in [-0.05, 0) is 18.2 Å². The van der Waals surface area contributed by atoms with E-state index in [1.165, 1.54) is 11.3 Å². The average molecular weight is 363 g/mol. The van der Waals surface area contributed by atoms with E-state index < -0.39 is 0 Å². The van der Waals surface area contributed by atoms with Crippen LogP contribution in [0.3, 0.4) is 0 Å². The topological polar surface area (TPSA) is 67.0 Å². The number of carbonyl (C=O) groups excluding carboxylic acids is 1. The Morgan fingerprint density at radius 1 is 1.19 bits per heavy atom. The summed E-state index contributed by atoms with van der Waals surface area (Å²) in [4.78, 5) is 20.2. The highest BCUT2D eigenvalue weighted by Gasteiger charge is 2.14. The van der Waals surface area contributed by atoms with Crippen molar-refractivity contribution in [1.29, 1.82) is 0 Å². The minimum atomic E-state index is -0.200. The summed E-state index contributed by atoms with van der Waals surface area (Å²) in [5.74, 6) is 0.555. The Labute approximate surface area is 154 Å². The predicted molar refractivity (Wildman–Crippen MR) is 104 cm³/mol. The van der Waals surface area contributed by atoms with E-state index >= 15 is 0 Å². The summed E-state index contributed by atoms with van der Waals surface area (Å²) in [6, 6.07) is 17.7. The second-order valence-electron chi connectivity index (χ2n) is 5.80. The molecule has 2 N–H and O–H groups in total. The summed E-state index contributed by atoms with van der Waals surface area (Å²) in [7, 11) is 1.62. The number of amides is 1. The number of methoxy groups -OCH3 is 1. The maximum Gasteiger partial charge on any atom is 0.271 e. The first kappa shape index (κ1) is 16.4. The summed E-state index contributed by atoms with van der Waals surface area (Å²) in [5, 5.41) is 6.59. The van der Waals surface area contributed by atoms with Crippen LogP contribution in [0, 0.1) is 0 Å². The molecule has 0 saturated heterocycles. The van der Waals surface area contributed by atoms with Crippen LogP contribution < -0.4 is 10.1 Å². The van der Waals surface area contributed by atoms with E-state index in [0.29, 0.717) is 12.2 Å². The fourth-order valence-corrected chi connectivity index (χ4v) is 3.58. The van der Waals surface area contributed by atoms with Crippen molar-refractivity contribution in [2.45, 2.75) is 6.54 Å². The van der Waals surface area contributed by atoms with Crippen LogP contribution in [-0.4, -0.2) is 23.0 Å². The summed E-state index contributed by atoms with van der Waals surface area (Å²) in [6.07, 6.45) is 0. The molecule has 0 unspecified atom stereocenters. The number of benzene rings is 2. The van der Waals surface area contributed by atoms with Gasteiger partial charge in [0.05, 0.1) is 12.8 Å². The van der Waals surface area contributed by atoms with Crippen LogP contribution in [0.15, 0.2) is 60.0 Å². The molecule has 26 heavy (non-hydrogen) atoms.